The highest BCUT2D eigenvalue weighted by Gasteiger charge is 2.28. The molecule has 2 aliphatic heterocycles. The van der Waals surface area contributed by atoms with Crippen LogP contribution in [0.3, 0.4) is 0 Å². The molecule has 9 heteroatoms. The summed E-state index contributed by atoms with van der Waals surface area (Å²) in [6.45, 7) is 3.46. The molecule has 2 fully saturated rings. The van der Waals surface area contributed by atoms with Gasteiger partial charge >= 0.3 is 0 Å². The first-order valence-electron chi connectivity index (χ1n) is 8.79. The maximum absolute atomic E-state index is 11.6. The van der Waals surface area contributed by atoms with Gasteiger partial charge in [0.1, 0.15) is 23.8 Å². The SMILES string of the molecule is O=S1(=O)CCC(Nc2cc(N3CCN(c4ccccn4)CC3)ncn2)C1. The Bertz CT molecular complexity index is 853. The summed E-state index contributed by atoms with van der Waals surface area (Å²) in [5, 5.41) is 3.23. The first-order valence-corrected chi connectivity index (χ1v) is 10.6. The van der Waals surface area contributed by atoms with Gasteiger partial charge in [-0.1, -0.05) is 6.07 Å². The molecular formula is C17H22N6O2S. The van der Waals surface area contributed by atoms with Crippen LogP contribution >= 0.6 is 0 Å². The Morgan fingerprint density at radius 1 is 1.00 bits per heavy atom. The van der Waals surface area contributed by atoms with Crippen LogP contribution in [0.1, 0.15) is 6.42 Å². The van der Waals surface area contributed by atoms with E-state index in [1.54, 1.807) is 0 Å². The molecule has 1 N–H and O–H groups in total. The van der Waals surface area contributed by atoms with Gasteiger partial charge in [0, 0.05) is 44.5 Å². The molecule has 0 radical (unpaired) electrons. The third kappa shape index (κ3) is 3.87. The Balaban J connectivity index is 1.38. The van der Waals surface area contributed by atoms with Gasteiger partial charge in [-0.3, -0.25) is 0 Å². The number of hydrogen-bond acceptors (Lipinski definition) is 8. The first kappa shape index (κ1) is 17.0. The van der Waals surface area contributed by atoms with Crippen molar-refractivity contribution >= 4 is 27.3 Å². The molecule has 26 heavy (non-hydrogen) atoms. The number of anilines is 3. The van der Waals surface area contributed by atoms with Gasteiger partial charge in [-0.25, -0.2) is 23.4 Å². The molecule has 2 aliphatic rings. The quantitative estimate of drug-likeness (QED) is 0.840. The second-order valence-electron chi connectivity index (χ2n) is 6.67. The van der Waals surface area contributed by atoms with Crippen molar-refractivity contribution in [2.45, 2.75) is 12.5 Å². The van der Waals surface area contributed by atoms with Crippen molar-refractivity contribution < 1.29 is 8.42 Å². The lowest BCUT2D eigenvalue weighted by Gasteiger charge is -2.36. The van der Waals surface area contributed by atoms with Crippen LogP contribution in [-0.2, 0) is 9.84 Å². The molecule has 138 valence electrons. The van der Waals surface area contributed by atoms with E-state index in [1.807, 2.05) is 30.5 Å². The van der Waals surface area contributed by atoms with Crippen molar-refractivity contribution in [2.75, 3.05) is 52.8 Å². The second kappa shape index (κ2) is 7.06. The fraction of sp³-hybridized carbons (Fsp3) is 0.471. The van der Waals surface area contributed by atoms with Crippen LogP contribution in [0, 0.1) is 0 Å². The highest BCUT2D eigenvalue weighted by atomic mass is 32.2. The van der Waals surface area contributed by atoms with E-state index in [-0.39, 0.29) is 17.5 Å². The van der Waals surface area contributed by atoms with Gasteiger partial charge in [-0.2, -0.15) is 0 Å². The average molecular weight is 374 g/mol. The van der Waals surface area contributed by atoms with E-state index in [0.29, 0.717) is 12.2 Å². The Labute approximate surface area is 153 Å². The minimum atomic E-state index is -2.91. The van der Waals surface area contributed by atoms with Crippen molar-refractivity contribution in [3.8, 4) is 0 Å². The van der Waals surface area contributed by atoms with Crippen molar-refractivity contribution in [1.82, 2.24) is 15.0 Å². The predicted molar refractivity (Wildman–Crippen MR) is 101 cm³/mol. The van der Waals surface area contributed by atoms with E-state index < -0.39 is 9.84 Å². The number of nitrogens with one attached hydrogen (secondary N) is 1. The zero-order valence-electron chi connectivity index (χ0n) is 14.5. The fourth-order valence-electron chi connectivity index (χ4n) is 3.42. The number of piperazine rings is 1. The van der Waals surface area contributed by atoms with E-state index in [9.17, 15) is 8.42 Å². The lowest BCUT2D eigenvalue weighted by molar-refractivity contribution is 0.602. The normalized spacial score (nSPS) is 22.4. The molecular weight excluding hydrogens is 352 g/mol. The Morgan fingerprint density at radius 3 is 2.42 bits per heavy atom. The molecule has 0 spiro atoms. The van der Waals surface area contributed by atoms with Gasteiger partial charge in [0.05, 0.1) is 11.5 Å². The van der Waals surface area contributed by atoms with Crippen molar-refractivity contribution in [1.29, 1.82) is 0 Å². The maximum Gasteiger partial charge on any atom is 0.152 e. The third-order valence-corrected chi connectivity index (χ3v) is 6.58. The molecule has 4 heterocycles. The number of aromatic nitrogens is 3. The summed E-state index contributed by atoms with van der Waals surface area (Å²) >= 11 is 0. The number of rotatable bonds is 4. The maximum atomic E-state index is 11.6. The Hall–Kier alpha value is -2.42. The Kier molecular flexibility index (Phi) is 4.62. The first-order chi connectivity index (χ1) is 12.6. The van der Waals surface area contributed by atoms with Crippen LogP contribution in [0.15, 0.2) is 36.8 Å². The number of hydrogen-bond donors (Lipinski definition) is 1. The zero-order valence-corrected chi connectivity index (χ0v) is 15.3. The third-order valence-electron chi connectivity index (χ3n) is 4.81. The summed E-state index contributed by atoms with van der Waals surface area (Å²) in [5.41, 5.74) is 0. The van der Waals surface area contributed by atoms with Gasteiger partial charge < -0.3 is 15.1 Å². The highest BCUT2D eigenvalue weighted by molar-refractivity contribution is 7.91. The molecule has 4 rings (SSSR count). The molecule has 0 bridgehead atoms. The van der Waals surface area contributed by atoms with Gasteiger partial charge in [-0.05, 0) is 18.6 Å². The van der Waals surface area contributed by atoms with Crippen LogP contribution in [-0.4, -0.2) is 67.1 Å². The molecule has 2 aromatic rings. The van der Waals surface area contributed by atoms with E-state index in [0.717, 1.165) is 37.8 Å². The smallest absolute Gasteiger partial charge is 0.152 e. The monoisotopic (exact) mass is 374 g/mol. The summed E-state index contributed by atoms with van der Waals surface area (Å²) in [5.74, 6) is 2.97. The largest absolute Gasteiger partial charge is 0.366 e. The zero-order chi connectivity index (χ0) is 18.0. The van der Waals surface area contributed by atoms with Crippen molar-refractivity contribution in [2.24, 2.45) is 0 Å². The topological polar surface area (TPSA) is 91.3 Å². The molecule has 2 aromatic heterocycles. The van der Waals surface area contributed by atoms with Crippen molar-refractivity contribution in [3.63, 3.8) is 0 Å². The van der Waals surface area contributed by atoms with E-state index in [1.165, 1.54) is 6.33 Å². The molecule has 1 unspecified atom stereocenters. The van der Waals surface area contributed by atoms with Gasteiger partial charge in [0.15, 0.2) is 9.84 Å². The molecule has 0 amide bonds. The summed E-state index contributed by atoms with van der Waals surface area (Å²) in [4.78, 5) is 17.5. The van der Waals surface area contributed by atoms with Crippen LogP contribution in [0.2, 0.25) is 0 Å². The molecule has 0 aliphatic carbocycles. The minimum Gasteiger partial charge on any atom is -0.366 e. The fourth-order valence-corrected chi connectivity index (χ4v) is 5.10. The van der Waals surface area contributed by atoms with Gasteiger partial charge in [-0.15, -0.1) is 0 Å². The van der Waals surface area contributed by atoms with E-state index in [2.05, 4.69) is 30.1 Å². The van der Waals surface area contributed by atoms with Crippen LogP contribution < -0.4 is 15.1 Å². The number of sulfone groups is 1. The van der Waals surface area contributed by atoms with E-state index >= 15 is 0 Å². The number of nitrogens with zero attached hydrogens (tertiary/aromatic N) is 5. The summed E-state index contributed by atoms with van der Waals surface area (Å²) in [6, 6.07) is 7.79. The summed E-state index contributed by atoms with van der Waals surface area (Å²) in [6.07, 6.45) is 3.98. The van der Waals surface area contributed by atoms with Crippen LogP contribution in [0.25, 0.3) is 0 Å². The van der Waals surface area contributed by atoms with Crippen LogP contribution in [0.4, 0.5) is 17.5 Å². The Morgan fingerprint density at radius 2 is 1.77 bits per heavy atom. The highest BCUT2D eigenvalue weighted by Crippen LogP contribution is 2.21. The predicted octanol–water partition coefficient (Wildman–Crippen LogP) is 0.797. The molecule has 1 atom stereocenters. The number of pyridine rings is 1. The molecule has 0 aromatic carbocycles. The summed E-state index contributed by atoms with van der Waals surface area (Å²) < 4.78 is 23.2. The minimum absolute atomic E-state index is 0.0660. The second-order valence-corrected chi connectivity index (χ2v) is 8.90. The van der Waals surface area contributed by atoms with Crippen LogP contribution in [0.5, 0.6) is 0 Å². The standard InChI is InChI=1S/C17H22N6O2S/c24-26(25)10-4-14(12-26)21-15-11-17(20-13-19-15)23-8-6-22(7-9-23)16-3-1-2-5-18-16/h1-3,5,11,13-14H,4,6-10,12H2,(H,19,20,21). The lowest BCUT2D eigenvalue weighted by Crippen LogP contribution is -2.47. The molecule has 2 saturated heterocycles. The molecule has 8 nitrogen and oxygen atoms in total. The average Bonchev–Trinajstić information content (AvgIpc) is 3.01. The molecule has 0 saturated carbocycles. The lowest BCUT2D eigenvalue weighted by atomic mass is 10.2. The van der Waals surface area contributed by atoms with Crippen molar-refractivity contribution in [3.05, 3.63) is 36.8 Å². The van der Waals surface area contributed by atoms with Gasteiger partial charge in [0.2, 0.25) is 0 Å². The summed E-state index contributed by atoms with van der Waals surface area (Å²) in [7, 11) is -2.91. The van der Waals surface area contributed by atoms with Gasteiger partial charge in [0.25, 0.3) is 0 Å². The van der Waals surface area contributed by atoms with E-state index in [4.69, 9.17) is 0 Å².